The molecule has 0 aliphatic heterocycles. The lowest BCUT2D eigenvalue weighted by Gasteiger charge is -2.56. The van der Waals surface area contributed by atoms with Crippen LogP contribution in [0.15, 0.2) is 18.2 Å². The third-order valence-electron chi connectivity index (χ3n) is 5.82. The van der Waals surface area contributed by atoms with Crippen LogP contribution in [0.2, 0.25) is 0 Å². The quantitative estimate of drug-likeness (QED) is 0.817. The van der Waals surface area contributed by atoms with Gasteiger partial charge in [0.15, 0.2) is 0 Å². The van der Waals surface area contributed by atoms with Gasteiger partial charge in [0.1, 0.15) is 17.3 Å². The van der Waals surface area contributed by atoms with Gasteiger partial charge in [0.05, 0.1) is 0 Å². The first-order valence-corrected chi connectivity index (χ1v) is 8.52. The Bertz CT molecular complexity index is 649. The second-order valence-corrected chi connectivity index (χ2v) is 7.70. The largest absolute Gasteiger partial charge is 0.342 e. The summed E-state index contributed by atoms with van der Waals surface area (Å²) < 4.78 is 27.2. The number of carbonyl (C=O) groups is 2. The van der Waals surface area contributed by atoms with E-state index in [2.05, 4.69) is 10.6 Å². The summed E-state index contributed by atoms with van der Waals surface area (Å²) in [6.07, 6.45) is 6.40. The molecule has 4 aliphatic carbocycles. The maximum atomic E-state index is 13.6. The van der Waals surface area contributed by atoms with Crippen LogP contribution in [0.25, 0.3) is 0 Å². The van der Waals surface area contributed by atoms with E-state index in [1.165, 1.54) is 25.3 Å². The molecule has 4 bridgehead atoms. The number of carbonyl (C=O) groups excluding carboxylic acids is 2. The minimum Gasteiger partial charge on any atom is -0.342 e. The van der Waals surface area contributed by atoms with Crippen LogP contribution in [0.5, 0.6) is 0 Å². The predicted octanol–water partition coefficient (Wildman–Crippen LogP) is 2.99. The normalized spacial score (nSPS) is 33.3. The number of hydrogen-bond acceptors (Lipinski definition) is 2. The lowest BCUT2D eigenvalue weighted by molar-refractivity contribution is -0.139. The number of halogens is 2. The minimum atomic E-state index is -1.02. The molecule has 1 aromatic carbocycles. The van der Waals surface area contributed by atoms with Gasteiger partial charge in [-0.15, -0.1) is 0 Å². The van der Waals surface area contributed by atoms with E-state index >= 15 is 0 Å². The molecular formula is C18H20F2N2O2. The summed E-state index contributed by atoms with van der Waals surface area (Å²) in [5.74, 6) is -1.73. The molecule has 0 atom stereocenters. The van der Waals surface area contributed by atoms with Crippen molar-refractivity contribution >= 4 is 17.5 Å². The van der Waals surface area contributed by atoms with Crippen LogP contribution in [0.1, 0.15) is 38.5 Å². The van der Waals surface area contributed by atoms with Gasteiger partial charge >= 0.3 is 11.8 Å². The fourth-order valence-corrected chi connectivity index (χ4v) is 5.35. The van der Waals surface area contributed by atoms with Gasteiger partial charge in [0.2, 0.25) is 0 Å². The highest BCUT2D eigenvalue weighted by Crippen LogP contribution is 2.55. The molecule has 4 saturated carbocycles. The second-order valence-electron chi connectivity index (χ2n) is 7.70. The Kier molecular flexibility index (Phi) is 3.58. The number of rotatable bonds is 2. The summed E-state index contributed by atoms with van der Waals surface area (Å²) in [4.78, 5) is 24.4. The zero-order valence-electron chi connectivity index (χ0n) is 13.3. The van der Waals surface area contributed by atoms with Crippen molar-refractivity contribution in [1.82, 2.24) is 5.32 Å². The number of benzene rings is 1. The van der Waals surface area contributed by atoms with E-state index in [4.69, 9.17) is 0 Å². The zero-order chi connectivity index (χ0) is 16.9. The third kappa shape index (κ3) is 2.68. The average molecular weight is 334 g/mol. The summed E-state index contributed by atoms with van der Waals surface area (Å²) in [6.45, 7) is 0. The van der Waals surface area contributed by atoms with Gasteiger partial charge in [-0.2, -0.15) is 0 Å². The number of nitrogens with one attached hydrogen (secondary N) is 2. The van der Waals surface area contributed by atoms with Gasteiger partial charge < -0.3 is 10.6 Å². The van der Waals surface area contributed by atoms with Gasteiger partial charge in [-0.25, -0.2) is 8.78 Å². The van der Waals surface area contributed by atoms with Crippen LogP contribution in [-0.4, -0.2) is 17.4 Å². The molecule has 0 radical (unpaired) electrons. The van der Waals surface area contributed by atoms with Gasteiger partial charge in [0.25, 0.3) is 0 Å². The van der Waals surface area contributed by atoms with Crippen LogP contribution >= 0.6 is 0 Å². The molecule has 0 unspecified atom stereocenters. The Morgan fingerprint density at radius 3 is 1.92 bits per heavy atom. The van der Waals surface area contributed by atoms with E-state index < -0.39 is 29.1 Å². The Morgan fingerprint density at radius 2 is 1.42 bits per heavy atom. The molecule has 2 N–H and O–H groups in total. The molecule has 128 valence electrons. The highest BCUT2D eigenvalue weighted by atomic mass is 19.1. The van der Waals surface area contributed by atoms with E-state index in [1.54, 1.807) is 0 Å². The van der Waals surface area contributed by atoms with E-state index in [0.29, 0.717) is 17.8 Å². The predicted molar refractivity (Wildman–Crippen MR) is 84.0 cm³/mol. The van der Waals surface area contributed by atoms with Crippen LogP contribution in [-0.2, 0) is 9.59 Å². The van der Waals surface area contributed by atoms with Crippen molar-refractivity contribution in [3.05, 3.63) is 29.8 Å². The smallest absolute Gasteiger partial charge is 0.313 e. The number of para-hydroxylation sites is 1. The van der Waals surface area contributed by atoms with Crippen molar-refractivity contribution in [2.75, 3.05) is 5.32 Å². The zero-order valence-corrected chi connectivity index (χ0v) is 13.3. The van der Waals surface area contributed by atoms with Crippen molar-refractivity contribution < 1.29 is 18.4 Å². The monoisotopic (exact) mass is 334 g/mol. The topological polar surface area (TPSA) is 58.2 Å². The van der Waals surface area contributed by atoms with Gasteiger partial charge in [-0.3, -0.25) is 9.59 Å². The van der Waals surface area contributed by atoms with Crippen molar-refractivity contribution in [1.29, 1.82) is 0 Å². The van der Waals surface area contributed by atoms with Crippen LogP contribution in [0.4, 0.5) is 14.5 Å². The first kappa shape index (κ1) is 15.5. The van der Waals surface area contributed by atoms with Crippen molar-refractivity contribution in [3.8, 4) is 0 Å². The summed E-state index contributed by atoms with van der Waals surface area (Å²) in [5.41, 5.74) is -0.889. The fourth-order valence-electron chi connectivity index (χ4n) is 5.35. The Hall–Kier alpha value is -1.98. The Balaban J connectivity index is 1.46. The molecule has 5 rings (SSSR count). The molecule has 24 heavy (non-hydrogen) atoms. The van der Waals surface area contributed by atoms with Gasteiger partial charge in [-0.1, -0.05) is 6.07 Å². The molecule has 0 saturated heterocycles. The molecule has 0 spiro atoms. The maximum Gasteiger partial charge on any atom is 0.313 e. The molecule has 6 heteroatoms. The summed E-state index contributed by atoms with van der Waals surface area (Å²) >= 11 is 0. The number of hydrogen-bond donors (Lipinski definition) is 2. The minimum absolute atomic E-state index is 0.309. The van der Waals surface area contributed by atoms with E-state index in [1.807, 2.05) is 0 Å². The summed E-state index contributed by atoms with van der Waals surface area (Å²) in [5, 5.41) is 4.95. The maximum absolute atomic E-state index is 13.6. The van der Waals surface area contributed by atoms with Crippen molar-refractivity contribution in [2.24, 2.45) is 17.8 Å². The van der Waals surface area contributed by atoms with Crippen LogP contribution in [0, 0.1) is 29.4 Å². The lowest BCUT2D eigenvalue weighted by Crippen LogP contribution is -2.61. The fraction of sp³-hybridized carbons (Fsp3) is 0.556. The standard InChI is InChI=1S/C18H20F2N2O2/c19-13-2-1-3-14(20)15(13)21-16(23)17(24)22-18-7-10-4-11(8-18)6-12(5-10)9-18/h1-3,10-12H,4-9H2,(H,21,23)(H,22,24). The molecular weight excluding hydrogens is 314 g/mol. The molecule has 1 aromatic rings. The third-order valence-corrected chi connectivity index (χ3v) is 5.82. The number of anilines is 1. The summed E-state index contributed by atoms with van der Waals surface area (Å²) in [6, 6.07) is 3.28. The van der Waals surface area contributed by atoms with Crippen molar-refractivity contribution in [2.45, 2.75) is 44.1 Å². The molecule has 0 aromatic heterocycles. The van der Waals surface area contributed by atoms with Crippen LogP contribution < -0.4 is 10.6 Å². The second kappa shape index (κ2) is 5.53. The number of amides is 2. The molecule has 4 nitrogen and oxygen atoms in total. The first-order chi connectivity index (χ1) is 11.4. The lowest BCUT2D eigenvalue weighted by atomic mass is 9.53. The van der Waals surface area contributed by atoms with Crippen LogP contribution in [0.3, 0.4) is 0 Å². The Labute approximate surface area is 139 Å². The van der Waals surface area contributed by atoms with Crippen molar-refractivity contribution in [3.63, 3.8) is 0 Å². The molecule has 4 fully saturated rings. The van der Waals surface area contributed by atoms with Gasteiger partial charge in [0, 0.05) is 5.54 Å². The average Bonchev–Trinajstić information content (AvgIpc) is 2.49. The summed E-state index contributed by atoms with van der Waals surface area (Å²) in [7, 11) is 0. The van der Waals surface area contributed by atoms with E-state index in [-0.39, 0.29) is 5.54 Å². The van der Waals surface area contributed by atoms with Gasteiger partial charge in [-0.05, 0) is 68.4 Å². The van der Waals surface area contributed by atoms with E-state index in [9.17, 15) is 18.4 Å². The highest BCUT2D eigenvalue weighted by molar-refractivity contribution is 6.39. The first-order valence-electron chi connectivity index (χ1n) is 8.52. The van der Waals surface area contributed by atoms with E-state index in [0.717, 1.165) is 31.4 Å². The highest BCUT2D eigenvalue weighted by Gasteiger charge is 2.51. The molecule has 2 amide bonds. The molecule has 0 heterocycles. The molecule has 4 aliphatic rings. The SMILES string of the molecule is O=C(Nc1c(F)cccc1F)C(=O)NC12CC3CC(CC(C3)C1)C2. The Morgan fingerprint density at radius 1 is 0.917 bits per heavy atom.